The van der Waals surface area contributed by atoms with Crippen molar-refractivity contribution >= 4 is 0 Å². The Bertz CT molecular complexity index is 555. The lowest BCUT2D eigenvalue weighted by molar-refractivity contribution is 0.263. The molecule has 0 spiro atoms. The lowest BCUT2D eigenvalue weighted by atomic mass is 10.0. The van der Waals surface area contributed by atoms with Gasteiger partial charge in [-0.05, 0) is 44.5 Å². The van der Waals surface area contributed by atoms with Crippen LogP contribution in [0.2, 0.25) is 0 Å². The van der Waals surface area contributed by atoms with Crippen molar-refractivity contribution in [1.29, 1.82) is 0 Å². The average Bonchev–Trinajstić information content (AvgIpc) is 3.09. The summed E-state index contributed by atoms with van der Waals surface area (Å²) in [5.74, 6) is 0.804. The van der Waals surface area contributed by atoms with Gasteiger partial charge in [-0.25, -0.2) is 4.98 Å². The molecule has 0 aliphatic carbocycles. The highest BCUT2D eigenvalue weighted by molar-refractivity contribution is 5.55. The number of rotatable bonds is 3. The molecule has 4 heteroatoms. The van der Waals surface area contributed by atoms with Crippen molar-refractivity contribution in [2.24, 2.45) is 7.05 Å². The molecule has 100 valence electrons. The van der Waals surface area contributed by atoms with Crippen molar-refractivity contribution in [1.82, 2.24) is 19.7 Å². The van der Waals surface area contributed by atoms with E-state index in [0.29, 0.717) is 6.04 Å². The van der Waals surface area contributed by atoms with Gasteiger partial charge in [0.2, 0.25) is 0 Å². The second-order valence-corrected chi connectivity index (χ2v) is 5.29. The highest BCUT2D eigenvalue weighted by Crippen LogP contribution is 2.27. The van der Waals surface area contributed by atoms with Crippen LogP contribution in [0.3, 0.4) is 0 Å². The Morgan fingerprint density at radius 2 is 2.00 bits per heavy atom. The van der Waals surface area contributed by atoms with Gasteiger partial charge in [0.25, 0.3) is 0 Å². The molecule has 4 nitrogen and oxygen atoms in total. The second-order valence-electron chi connectivity index (χ2n) is 5.29. The van der Waals surface area contributed by atoms with Gasteiger partial charge in [0.15, 0.2) is 5.82 Å². The van der Waals surface area contributed by atoms with Crippen LogP contribution < -0.4 is 0 Å². The number of aromatic nitrogens is 3. The van der Waals surface area contributed by atoms with Gasteiger partial charge in [0.1, 0.15) is 6.33 Å². The Morgan fingerprint density at radius 1 is 1.21 bits per heavy atom. The summed E-state index contributed by atoms with van der Waals surface area (Å²) in [6.07, 6.45) is 4.39. The minimum Gasteiger partial charge on any atom is -0.297 e. The van der Waals surface area contributed by atoms with Crippen molar-refractivity contribution in [3.63, 3.8) is 0 Å². The number of hydrogen-bond donors (Lipinski definition) is 0. The summed E-state index contributed by atoms with van der Waals surface area (Å²) < 4.78 is 1.74. The van der Waals surface area contributed by atoms with Crippen LogP contribution in [0.1, 0.15) is 31.4 Å². The number of likely N-dealkylation sites (tertiary alicyclic amines) is 1. The van der Waals surface area contributed by atoms with Crippen molar-refractivity contribution in [2.45, 2.75) is 25.8 Å². The topological polar surface area (TPSA) is 34.0 Å². The summed E-state index contributed by atoms with van der Waals surface area (Å²) in [6.45, 7) is 4.72. The molecule has 1 unspecified atom stereocenters. The fourth-order valence-corrected chi connectivity index (χ4v) is 2.75. The molecule has 1 atom stereocenters. The van der Waals surface area contributed by atoms with Crippen LogP contribution in [0.15, 0.2) is 30.6 Å². The van der Waals surface area contributed by atoms with E-state index < -0.39 is 0 Å². The van der Waals surface area contributed by atoms with E-state index in [-0.39, 0.29) is 0 Å². The third kappa shape index (κ3) is 2.54. The van der Waals surface area contributed by atoms with Crippen molar-refractivity contribution < 1.29 is 0 Å². The normalized spacial score (nSPS) is 17.8. The highest BCUT2D eigenvalue weighted by atomic mass is 15.3. The zero-order chi connectivity index (χ0) is 13.2. The minimum atomic E-state index is 0.478. The average molecular weight is 256 g/mol. The summed E-state index contributed by atoms with van der Waals surface area (Å²) in [7, 11) is 1.90. The van der Waals surface area contributed by atoms with Gasteiger partial charge in [-0.15, -0.1) is 0 Å². The summed E-state index contributed by atoms with van der Waals surface area (Å²) in [6, 6.07) is 9.09. The summed E-state index contributed by atoms with van der Waals surface area (Å²) >= 11 is 0. The van der Waals surface area contributed by atoms with E-state index in [1.165, 1.54) is 31.5 Å². The van der Waals surface area contributed by atoms with Gasteiger partial charge in [-0.1, -0.05) is 18.2 Å². The Morgan fingerprint density at radius 3 is 2.68 bits per heavy atom. The van der Waals surface area contributed by atoms with Crippen LogP contribution in [0.25, 0.3) is 11.4 Å². The second kappa shape index (κ2) is 5.13. The van der Waals surface area contributed by atoms with Gasteiger partial charge >= 0.3 is 0 Å². The molecule has 1 aliphatic heterocycles. The first-order valence-electron chi connectivity index (χ1n) is 6.94. The molecular formula is C15H20N4. The zero-order valence-corrected chi connectivity index (χ0v) is 11.6. The molecule has 19 heavy (non-hydrogen) atoms. The molecular weight excluding hydrogens is 236 g/mol. The van der Waals surface area contributed by atoms with Crippen molar-refractivity contribution in [3.8, 4) is 11.4 Å². The third-order valence-electron chi connectivity index (χ3n) is 3.92. The molecule has 1 aliphatic rings. The van der Waals surface area contributed by atoms with Crippen LogP contribution in [0.4, 0.5) is 0 Å². The van der Waals surface area contributed by atoms with Gasteiger partial charge in [-0.3, -0.25) is 9.58 Å². The van der Waals surface area contributed by atoms with E-state index in [1.54, 1.807) is 11.0 Å². The Hall–Kier alpha value is -1.68. The maximum Gasteiger partial charge on any atom is 0.181 e. The van der Waals surface area contributed by atoms with Gasteiger partial charge in [-0.2, -0.15) is 5.10 Å². The van der Waals surface area contributed by atoms with Gasteiger partial charge in [0.05, 0.1) is 0 Å². The highest BCUT2D eigenvalue weighted by Gasteiger charge is 2.19. The molecule has 1 saturated heterocycles. The minimum absolute atomic E-state index is 0.478. The molecule has 1 fully saturated rings. The van der Waals surface area contributed by atoms with Crippen LogP contribution in [-0.4, -0.2) is 32.8 Å². The summed E-state index contributed by atoms with van der Waals surface area (Å²) in [5.41, 5.74) is 2.45. The Labute approximate surface area is 114 Å². The lowest BCUT2D eigenvalue weighted by Gasteiger charge is -2.24. The number of nitrogens with zero attached hydrogens (tertiary/aromatic N) is 4. The van der Waals surface area contributed by atoms with Crippen LogP contribution in [-0.2, 0) is 7.05 Å². The number of benzene rings is 1. The van der Waals surface area contributed by atoms with E-state index in [2.05, 4.69) is 46.2 Å². The molecule has 1 aromatic carbocycles. The maximum absolute atomic E-state index is 4.37. The molecule has 0 bridgehead atoms. The standard InChI is InChI=1S/C15H20N4/c1-12(19-8-3-4-9-19)13-6-5-7-14(10-13)15-16-11-18(2)17-15/h5-7,10-12H,3-4,8-9H2,1-2H3. The Balaban J connectivity index is 1.87. The predicted octanol–water partition coefficient (Wildman–Crippen LogP) is 2.64. The fourth-order valence-electron chi connectivity index (χ4n) is 2.75. The number of aryl methyl sites for hydroxylation is 1. The molecule has 3 rings (SSSR count). The molecule has 0 N–H and O–H groups in total. The molecule has 0 radical (unpaired) electrons. The smallest absolute Gasteiger partial charge is 0.181 e. The van der Waals surface area contributed by atoms with E-state index in [0.717, 1.165) is 11.4 Å². The Kier molecular flexibility index (Phi) is 3.34. The molecule has 0 amide bonds. The van der Waals surface area contributed by atoms with E-state index >= 15 is 0 Å². The predicted molar refractivity (Wildman–Crippen MR) is 75.7 cm³/mol. The maximum atomic E-state index is 4.37. The first kappa shape index (κ1) is 12.4. The van der Waals surface area contributed by atoms with Crippen LogP contribution >= 0.6 is 0 Å². The SMILES string of the molecule is CC(c1cccc(-c2ncn(C)n2)c1)N1CCCC1. The first-order valence-corrected chi connectivity index (χ1v) is 6.94. The fraction of sp³-hybridized carbons (Fsp3) is 0.467. The van der Waals surface area contributed by atoms with Gasteiger partial charge < -0.3 is 0 Å². The molecule has 2 aromatic rings. The third-order valence-corrected chi connectivity index (χ3v) is 3.92. The number of hydrogen-bond acceptors (Lipinski definition) is 3. The van der Waals surface area contributed by atoms with Crippen LogP contribution in [0.5, 0.6) is 0 Å². The van der Waals surface area contributed by atoms with E-state index in [9.17, 15) is 0 Å². The van der Waals surface area contributed by atoms with E-state index in [4.69, 9.17) is 0 Å². The monoisotopic (exact) mass is 256 g/mol. The van der Waals surface area contributed by atoms with Gasteiger partial charge in [0, 0.05) is 18.7 Å². The first-order chi connectivity index (χ1) is 9.24. The van der Waals surface area contributed by atoms with Crippen molar-refractivity contribution in [2.75, 3.05) is 13.1 Å². The van der Waals surface area contributed by atoms with Crippen LogP contribution in [0, 0.1) is 0 Å². The zero-order valence-electron chi connectivity index (χ0n) is 11.6. The summed E-state index contributed by atoms with van der Waals surface area (Å²) in [4.78, 5) is 6.87. The molecule has 0 saturated carbocycles. The largest absolute Gasteiger partial charge is 0.297 e. The van der Waals surface area contributed by atoms with Crippen molar-refractivity contribution in [3.05, 3.63) is 36.2 Å². The molecule has 2 heterocycles. The molecule has 1 aromatic heterocycles. The van der Waals surface area contributed by atoms with E-state index in [1.807, 2.05) is 7.05 Å². The summed E-state index contributed by atoms with van der Waals surface area (Å²) in [5, 5.41) is 4.37. The lowest BCUT2D eigenvalue weighted by Crippen LogP contribution is -2.23. The quantitative estimate of drug-likeness (QED) is 0.846.